The molecule has 0 aliphatic heterocycles. The molecule has 6 heteroatoms. The third kappa shape index (κ3) is 3.97. The van der Waals surface area contributed by atoms with Crippen LogP contribution in [0, 0.1) is 0 Å². The van der Waals surface area contributed by atoms with Crippen LogP contribution >= 0.6 is 11.8 Å². The lowest BCUT2D eigenvalue weighted by Crippen LogP contribution is -2.29. The minimum Gasteiger partial charge on any atom is -0.358 e. The molecule has 0 fully saturated rings. The van der Waals surface area contributed by atoms with Crippen molar-refractivity contribution in [2.24, 2.45) is 0 Å². The molecule has 0 bridgehead atoms. The van der Waals surface area contributed by atoms with Crippen molar-refractivity contribution < 1.29 is 4.79 Å². The van der Waals surface area contributed by atoms with Gasteiger partial charge in [0.05, 0.1) is 21.8 Å². The number of para-hydroxylation sites is 1. The predicted molar refractivity (Wildman–Crippen MR) is 115 cm³/mol. The van der Waals surface area contributed by atoms with E-state index in [-0.39, 0.29) is 16.7 Å². The predicted octanol–water partition coefficient (Wildman–Crippen LogP) is 4.13. The van der Waals surface area contributed by atoms with Gasteiger partial charge in [-0.3, -0.25) is 14.2 Å². The highest BCUT2D eigenvalue weighted by Crippen LogP contribution is 2.26. The van der Waals surface area contributed by atoms with Gasteiger partial charge in [0.1, 0.15) is 0 Å². The molecule has 146 valence electrons. The first-order valence-electron chi connectivity index (χ1n) is 9.46. The van der Waals surface area contributed by atoms with Gasteiger partial charge < -0.3 is 5.32 Å². The summed E-state index contributed by atoms with van der Waals surface area (Å²) in [5, 5.41) is 3.35. The monoisotopic (exact) mass is 395 g/mol. The third-order valence-corrected chi connectivity index (χ3v) is 6.03. The van der Waals surface area contributed by atoms with E-state index in [0.29, 0.717) is 22.0 Å². The van der Waals surface area contributed by atoms with Crippen molar-refractivity contribution in [2.45, 2.75) is 43.5 Å². The summed E-state index contributed by atoms with van der Waals surface area (Å²) in [5.41, 5.74) is 2.49. The van der Waals surface area contributed by atoms with Crippen LogP contribution in [-0.4, -0.2) is 27.8 Å². The van der Waals surface area contributed by atoms with E-state index < -0.39 is 0 Å². The zero-order valence-corrected chi connectivity index (χ0v) is 17.4. The Morgan fingerprint density at radius 3 is 2.46 bits per heavy atom. The number of carbonyl (C=O) groups is 1. The summed E-state index contributed by atoms with van der Waals surface area (Å²) in [6.07, 6.45) is 1.06. The summed E-state index contributed by atoms with van der Waals surface area (Å²) in [7, 11) is 1.61. The van der Waals surface area contributed by atoms with E-state index in [9.17, 15) is 9.59 Å². The van der Waals surface area contributed by atoms with Crippen LogP contribution in [0.15, 0.2) is 58.5 Å². The molecular weight excluding hydrogens is 370 g/mol. The molecule has 0 saturated carbocycles. The van der Waals surface area contributed by atoms with E-state index in [2.05, 4.69) is 36.3 Å². The first-order chi connectivity index (χ1) is 13.5. The van der Waals surface area contributed by atoms with Crippen LogP contribution in [0.2, 0.25) is 0 Å². The molecule has 2 unspecified atom stereocenters. The van der Waals surface area contributed by atoms with E-state index in [4.69, 9.17) is 0 Å². The van der Waals surface area contributed by atoms with Gasteiger partial charge in [-0.25, -0.2) is 4.98 Å². The van der Waals surface area contributed by atoms with Gasteiger partial charge in [0.2, 0.25) is 5.91 Å². The Bertz CT molecular complexity index is 1040. The summed E-state index contributed by atoms with van der Waals surface area (Å²) in [6, 6.07) is 15.3. The number of benzene rings is 2. The maximum atomic E-state index is 13.3. The lowest BCUT2D eigenvalue weighted by molar-refractivity contribution is -0.119. The summed E-state index contributed by atoms with van der Waals surface area (Å²) < 4.78 is 1.60. The zero-order valence-electron chi connectivity index (χ0n) is 16.6. The molecule has 5 nitrogen and oxygen atoms in total. The summed E-state index contributed by atoms with van der Waals surface area (Å²) >= 11 is 1.28. The molecule has 0 aliphatic carbocycles. The van der Waals surface area contributed by atoms with E-state index in [1.807, 2.05) is 30.3 Å². The maximum Gasteiger partial charge on any atom is 0.266 e. The van der Waals surface area contributed by atoms with Gasteiger partial charge in [0.15, 0.2) is 5.16 Å². The van der Waals surface area contributed by atoms with E-state index >= 15 is 0 Å². The number of nitrogens with one attached hydrogen (secondary N) is 1. The van der Waals surface area contributed by atoms with Crippen molar-refractivity contribution in [2.75, 3.05) is 7.05 Å². The summed E-state index contributed by atoms with van der Waals surface area (Å²) in [6.45, 7) is 6.15. The lowest BCUT2D eigenvalue weighted by Gasteiger charge is -2.16. The molecule has 0 aliphatic rings. The molecule has 28 heavy (non-hydrogen) atoms. The van der Waals surface area contributed by atoms with Crippen molar-refractivity contribution in [3.63, 3.8) is 0 Å². The molecule has 0 spiro atoms. The molecular formula is C22H25N3O2S. The largest absolute Gasteiger partial charge is 0.358 e. The second-order valence-electron chi connectivity index (χ2n) is 6.83. The van der Waals surface area contributed by atoms with Gasteiger partial charge in [0, 0.05) is 7.05 Å². The number of nitrogens with zero attached hydrogens (tertiary/aromatic N) is 2. The summed E-state index contributed by atoms with van der Waals surface area (Å²) in [5.74, 6) is 0.355. The molecule has 1 aromatic heterocycles. The second kappa shape index (κ2) is 8.61. The average molecular weight is 396 g/mol. The SMILES string of the molecule is CCC(C)c1ccc(-n2c(SC(C)C(=O)NC)nc3ccccc3c2=O)cc1. The molecule has 1 N–H and O–H groups in total. The first kappa shape index (κ1) is 20.1. The van der Waals surface area contributed by atoms with Gasteiger partial charge in [-0.15, -0.1) is 0 Å². The van der Waals surface area contributed by atoms with Crippen molar-refractivity contribution in [1.82, 2.24) is 14.9 Å². The van der Waals surface area contributed by atoms with Crippen LogP contribution in [-0.2, 0) is 4.79 Å². The molecule has 0 radical (unpaired) electrons. The fourth-order valence-corrected chi connectivity index (χ4v) is 4.01. The minimum absolute atomic E-state index is 0.105. The molecule has 1 amide bonds. The molecule has 3 rings (SSSR count). The lowest BCUT2D eigenvalue weighted by atomic mass is 9.98. The highest BCUT2D eigenvalue weighted by atomic mass is 32.2. The Morgan fingerprint density at radius 2 is 1.82 bits per heavy atom. The second-order valence-corrected chi connectivity index (χ2v) is 8.14. The van der Waals surface area contributed by atoms with Gasteiger partial charge >= 0.3 is 0 Å². The van der Waals surface area contributed by atoms with Gasteiger partial charge in [0.25, 0.3) is 5.56 Å². The van der Waals surface area contributed by atoms with Crippen LogP contribution in [0.5, 0.6) is 0 Å². The molecule has 0 saturated heterocycles. The highest BCUT2D eigenvalue weighted by molar-refractivity contribution is 8.00. The van der Waals surface area contributed by atoms with Crippen LogP contribution in [0.25, 0.3) is 16.6 Å². The number of thioether (sulfide) groups is 1. The first-order valence-corrected chi connectivity index (χ1v) is 10.3. The number of amides is 1. The standard InChI is InChI=1S/C22H25N3O2S/c1-5-14(2)16-10-12-17(13-11-16)25-21(27)18-8-6-7-9-19(18)24-22(25)28-15(3)20(26)23-4/h6-15H,5H2,1-4H3,(H,23,26). The van der Waals surface area contributed by atoms with Gasteiger partial charge in [-0.05, 0) is 49.1 Å². The third-order valence-electron chi connectivity index (χ3n) is 4.98. The van der Waals surface area contributed by atoms with Crippen LogP contribution in [0.1, 0.15) is 38.7 Å². The Morgan fingerprint density at radius 1 is 1.14 bits per heavy atom. The van der Waals surface area contributed by atoms with E-state index in [1.54, 1.807) is 24.6 Å². The Balaban J connectivity index is 2.16. The topological polar surface area (TPSA) is 64.0 Å². The smallest absolute Gasteiger partial charge is 0.266 e. The molecule has 2 atom stereocenters. The fourth-order valence-electron chi connectivity index (χ4n) is 3.02. The van der Waals surface area contributed by atoms with Crippen LogP contribution in [0.3, 0.4) is 0 Å². The number of hydrogen-bond acceptors (Lipinski definition) is 4. The Kier molecular flexibility index (Phi) is 6.19. The van der Waals surface area contributed by atoms with Crippen molar-refractivity contribution in [3.8, 4) is 5.69 Å². The molecule has 2 aromatic carbocycles. The number of carbonyl (C=O) groups excluding carboxylic acids is 1. The average Bonchev–Trinajstić information content (AvgIpc) is 2.73. The fraction of sp³-hybridized carbons (Fsp3) is 0.318. The van der Waals surface area contributed by atoms with Crippen molar-refractivity contribution in [3.05, 3.63) is 64.4 Å². The number of hydrogen-bond donors (Lipinski definition) is 1. The quantitative estimate of drug-likeness (QED) is 0.504. The van der Waals surface area contributed by atoms with Crippen LogP contribution in [0.4, 0.5) is 0 Å². The van der Waals surface area contributed by atoms with Gasteiger partial charge in [-0.2, -0.15) is 0 Å². The normalized spacial score (nSPS) is 13.3. The number of fused-ring (bicyclic) bond motifs is 1. The number of rotatable bonds is 6. The van der Waals surface area contributed by atoms with Gasteiger partial charge in [-0.1, -0.05) is 49.9 Å². The minimum atomic E-state index is -0.372. The van der Waals surface area contributed by atoms with E-state index in [0.717, 1.165) is 12.1 Å². The summed E-state index contributed by atoms with van der Waals surface area (Å²) in [4.78, 5) is 30.0. The highest BCUT2D eigenvalue weighted by Gasteiger charge is 2.19. The van der Waals surface area contributed by atoms with Crippen molar-refractivity contribution in [1.29, 1.82) is 0 Å². The number of aromatic nitrogens is 2. The zero-order chi connectivity index (χ0) is 20.3. The Labute approximate surface area is 169 Å². The van der Waals surface area contributed by atoms with Crippen LogP contribution < -0.4 is 10.9 Å². The Hall–Kier alpha value is -2.60. The van der Waals surface area contributed by atoms with Crippen molar-refractivity contribution >= 4 is 28.6 Å². The molecule has 3 aromatic rings. The molecule has 1 heterocycles. The van der Waals surface area contributed by atoms with E-state index in [1.165, 1.54) is 17.3 Å². The maximum absolute atomic E-state index is 13.3.